The van der Waals surface area contributed by atoms with Crippen LogP contribution in [0, 0.1) is 11.3 Å². The van der Waals surface area contributed by atoms with Crippen LogP contribution in [0.15, 0.2) is 35.2 Å². The molecule has 0 saturated heterocycles. The maximum Gasteiger partial charge on any atom is 0.263 e. The van der Waals surface area contributed by atoms with Gasteiger partial charge in [0.25, 0.3) is 10.0 Å². The van der Waals surface area contributed by atoms with E-state index >= 15 is 0 Å². The number of anilines is 1. The topological polar surface area (TPSA) is 82.4 Å². The van der Waals surface area contributed by atoms with Crippen LogP contribution >= 0.6 is 11.6 Å². The van der Waals surface area contributed by atoms with Gasteiger partial charge in [-0.15, -0.1) is 0 Å². The Morgan fingerprint density at radius 2 is 2.00 bits per heavy atom. The molecule has 0 aromatic heterocycles. The summed E-state index contributed by atoms with van der Waals surface area (Å²) in [5.74, 6) is 0.765. The Morgan fingerprint density at radius 1 is 1.25 bits per heavy atom. The first kappa shape index (κ1) is 20.5. The Balaban J connectivity index is 1.99. The number of methoxy groups -OCH3 is 1. The van der Waals surface area contributed by atoms with E-state index in [9.17, 15) is 8.42 Å². The monoisotopic (exact) mass is 419 g/mol. The SMILES string of the molecule is COc1ccc(NS(=O)(=O)c2ccc(C#N)cc2Cl)c2c1CC(N(C)C)CC2. The van der Waals surface area contributed by atoms with Crippen molar-refractivity contribution < 1.29 is 13.2 Å². The lowest BCUT2D eigenvalue weighted by molar-refractivity contribution is 0.265. The number of hydrogen-bond donors (Lipinski definition) is 1. The van der Waals surface area contributed by atoms with Crippen LogP contribution in [0.4, 0.5) is 5.69 Å². The first-order chi connectivity index (χ1) is 13.3. The van der Waals surface area contributed by atoms with Gasteiger partial charge in [0.1, 0.15) is 10.6 Å². The van der Waals surface area contributed by atoms with Crippen LogP contribution in [0.2, 0.25) is 5.02 Å². The fourth-order valence-corrected chi connectivity index (χ4v) is 5.18. The van der Waals surface area contributed by atoms with Crippen molar-refractivity contribution in [1.82, 2.24) is 4.90 Å². The highest BCUT2D eigenvalue weighted by atomic mass is 35.5. The molecule has 1 N–H and O–H groups in total. The molecule has 0 amide bonds. The molecule has 1 unspecified atom stereocenters. The minimum atomic E-state index is -3.89. The molecule has 0 radical (unpaired) electrons. The van der Waals surface area contributed by atoms with E-state index in [0.29, 0.717) is 17.3 Å². The van der Waals surface area contributed by atoms with E-state index in [-0.39, 0.29) is 9.92 Å². The number of sulfonamides is 1. The van der Waals surface area contributed by atoms with E-state index < -0.39 is 10.0 Å². The largest absolute Gasteiger partial charge is 0.496 e. The maximum atomic E-state index is 12.9. The smallest absolute Gasteiger partial charge is 0.263 e. The third kappa shape index (κ3) is 3.95. The number of ether oxygens (including phenoxy) is 1. The predicted octanol–water partition coefficient (Wildman–Crippen LogP) is 3.44. The van der Waals surface area contributed by atoms with Gasteiger partial charge in [-0.05, 0) is 69.3 Å². The van der Waals surface area contributed by atoms with Crippen molar-refractivity contribution >= 4 is 27.3 Å². The van der Waals surface area contributed by atoms with E-state index in [1.807, 2.05) is 20.2 Å². The molecule has 1 aliphatic rings. The predicted molar refractivity (Wildman–Crippen MR) is 109 cm³/mol. The molecule has 2 aromatic rings. The molecule has 6 nitrogen and oxygen atoms in total. The molecular weight excluding hydrogens is 398 g/mol. The number of nitriles is 1. The molecule has 0 aliphatic heterocycles. The standard InChI is InChI=1S/C20H22ClN3O3S/c1-24(2)14-5-6-15-16(11-14)19(27-3)8-7-18(15)23-28(25,26)20-9-4-13(12-22)10-17(20)21/h4,7-10,14,23H,5-6,11H2,1-3H3. The van der Waals surface area contributed by atoms with E-state index in [4.69, 9.17) is 21.6 Å². The molecule has 0 spiro atoms. The van der Waals surface area contributed by atoms with Gasteiger partial charge < -0.3 is 9.64 Å². The minimum Gasteiger partial charge on any atom is -0.496 e. The lowest BCUT2D eigenvalue weighted by Gasteiger charge is -2.32. The molecule has 28 heavy (non-hydrogen) atoms. The second-order valence-corrected chi connectivity index (χ2v) is 9.05. The van der Waals surface area contributed by atoms with E-state index in [0.717, 1.165) is 36.1 Å². The first-order valence-electron chi connectivity index (χ1n) is 8.84. The molecule has 0 saturated carbocycles. The van der Waals surface area contributed by atoms with Crippen LogP contribution in [-0.2, 0) is 22.9 Å². The molecule has 1 atom stereocenters. The summed E-state index contributed by atoms with van der Waals surface area (Å²) < 4.78 is 34.0. The molecule has 148 valence electrons. The van der Waals surface area contributed by atoms with Crippen LogP contribution in [0.1, 0.15) is 23.1 Å². The van der Waals surface area contributed by atoms with Crippen LogP contribution in [-0.4, -0.2) is 40.6 Å². The first-order valence-corrected chi connectivity index (χ1v) is 10.7. The molecule has 1 aliphatic carbocycles. The van der Waals surface area contributed by atoms with Crippen LogP contribution < -0.4 is 9.46 Å². The molecule has 8 heteroatoms. The van der Waals surface area contributed by atoms with Gasteiger partial charge in [0.2, 0.25) is 0 Å². The number of benzene rings is 2. The lowest BCUT2D eigenvalue weighted by Crippen LogP contribution is -2.34. The van der Waals surface area contributed by atoms with E-state index in [1.54, 1.807) is 19.2 Å². The Hall–Kier alpha value is -2.27. The number of rotatable bonds is 5. The average Bonchev–Trinajstić information content (AvgIpc) is 2.67. The lowest BCUT2D eigenvalue weighted by atomic mass is 9.86. The number of fused-ring (bicyclic) bond motifs is 1. The number of likely N-dealkylation sites (N-methyl/N-ethyl adjacent to an activating group) is 1. The number of halogens is 1. The zero-order chi connectivity index (χ0) is 20.5. The van der Waals surface area contributed by atoms with Gasteiger partial charge in [-0.3, -0.25) is 4.72 Å². The Kier molecular flexibility index (Phi) is 5.84. The summed E-state index contributed by atoms with van der Waals surface area (Å²) in [7, 11) is 1.81. The fourth-order valence-electron chi connectivity index (χ4n) is 3.55. The third-order valence-electron chi connectivity index (χ3n) is 5.10. The molecule has 0 fully saturated rings. The molecule has 0 heterocycles. The second-order valence-electron chi connectivity index (χ2n) is 7.00. The summed E-state index contributed by atoms with van der Waals surface area (Å²) in [5, 5.41) is 8.96. The molecule has 2 aromatic carbocycles. The summed E-state index contributed by atoms with van der Waals surface area (Å²) in [5.41, 5.74) is 2.82. The van der Waals surface area contributed by atoms with Crippen molar-refractivity contribution in [2.75, 3.05) is 25.9 Å². The van der Waals surface area contributed by atoms with Crippen molar-refractivity contribution in [3.63, 3.8) is 0 Å². The van der Waals surface area contributed by atoms with Crippen LogP contribution in [0.25, 0.3) is 0 Å². The van der Waals surface area contributed by atoms with E-state index in [1.165, 1.54) is 18.2 Å². The molecular formula is C20H22ClN3O3S. The Morgan fingerprint density at radius 3 is 2.61 bits per heavy atom. The molecule has 3 rings (SSSR count). The Bertz CT molecular complexity index is 1050. The minimum absolute atomic E-state index is 0.0154. The highest BCUT2D eigenvalue weighted by Gasteiger charge is 2.27. The van der Waals surface area contributed by atoms with Gasteiger partial charge in [-0.2, -0.15) is 5.26 Å². The highest BCUT2D eigenvalue weighted by molar-refractivity contribution is 7.92. The molecule has 0 bridgehead atoms. The van der Waals surface area contributed by atoms with Crippen molar-refractivity contribution in [2.45, 2.75) is 30.2 Å². The quantitative estimate of drug-likeness (QED) is 0.802. The Labute approximate surface area is 170 Å². The van der Waals surface area contributed by atoms with Crippen molar-refractivity contribution in [2.24, 2.45) is 0 Å². The maximum absolute atomic E-state index is 12.9. The highest BCUT2D eigenvalue weighted by Crippen LogP contribution is 2.37. The third-order valence-corrected chi connectivity index (χ3v) is 6.95. The van der Waals surface area contributed by atoms with Crippen LogP contribution in [0.3, 0.4) is 0 Å². The van der Waals surface area contributed by atoms with E-state index in [2.05, 4.69) is 9.62 Å². The summed E-state index contributed by atoms with van der Waals surface area (Å²) in [4.78, 5) is 2.12. The summed E-state index contributed by atoms with van der Waals surface area (Å²) in [6, 6.07) is 9.97. The number of nitrogens with zero attached hydrogens (tertiary/aromatic N) is 2. The van der Waals surface area contributed by atoms with Gasteiger partial charge in [-0.1, -0.05) is 11.6 Å². The van der Waals surface area contributed by atoms with Gasteiger partial charge in [0, 0.05) is 11.6 Å². The second kappa shape index (κ2) is 8.00. The zero-order valence-corrected chi connectivity index (χ0v) is 17.6. The summed E-state index contributed by atoms with van der Waals surface area (Å²) in [6.07, 6.45) is 2.46. The van der Waals surface area contributed by atoms with Gasteiger partial charge in [0.05, 0.1) is 29.5 Å². The fraction of sp³-hybridized carbons (Fsp3) is 0.350. The van der Waals surface area contributed by atoms with Crippen LogP contribution in [0.5, 0.6) is 5.75 Å². The van der Waals surface area contributed by atoms with Gasteiger partial charge >= 0.3 is 0 Å². The summed E-state index contributed by atoms with van der Waals surface area (Å²) in [6.45, 7) is 0. The van der Waals surface area contributed by atoms with Crippen molar-refractivity contribution in [3.05, 3.63) is 52.0 Å². The van der Waals surface area contributed by atoms with Gasteiger partial charge in [-0.25, -0.2) is 8.42 Å². The number of nitrogens with one attached hydrogen (secondary N) is 1. The normalized spacial score (nSPS) is 16.4. The summed E-state index contributed by atoms with van der Waals surface area (Å²) >= 11 is 6.11. The average molecular weight is 420 g/mol. The van der Waals surface area contributed by atoms with Crippen molar-refractivity contribution in [3.8, 4) is 11.8 Å². The zero-order valence-electron chi connectivity index (χ0n) is 16.0. The number of hydrogen-bond acceptors (Lipinski definition) is 5. The van der Waals surface area contributed by atoms with Gasteiger partial charge in [0.15, 0.2) is 0 Å². The van der Waals surface area contributed by atoms with Crippen molar-refractivity contribution in [1.29, 1.82) is 5.26 Å².